The molecule has 0 bridgehead atoms. The maximum Gasteiger partial charge on any atom is 0.460 e. The van der Waals surface area contributed by atoms with E-state index in [9.17, 15) is 49.1 Å². The number of carboxylic acid groups (broad SMARTS) is 2. The van der Waals surface area contributed by atoms with Crippen LogP contribution in [-0.4, -0.2) is 40.2 Å². The molecule has 1 aromatic carbocycles. The lowest BCUT2D eigenvalue weighted by Gasteiger charge is -2.34. The third kappa shape index (κ3) is 2.98. The first-order chi connectivity index (χ1) is 11.0. The van der Waals surface area contributed by atoms with Crippen molar-refractivity contribution in [1.29, 1.82) is 0 Å². The van der Waals surface area contributed by atoms with Gasteiger partial charge in [0.15, 0.2) is 0 Å². The van der Waals surface area contributed by atoms with Crippen molar-refractivity contribution in [2.24, 2.45) is 0 Å². The molecule has 13 heteroatoms. The quantitative estimate of drug-likeness (QED) is 0.753. The van der Waals surface area contributed by atoms with Crippen LogP contribution in [0.1, 0.15) is 26.3 Å². The van der Waals surface area contributed by atoms with E-state index in [-0.39, 0.29) is 6.07 Å². The van der Waals surface area contributed by atoms with Crippen molar-refractivity contribution >= 4 is 11.9 Å². The van der Waals surface area contributed by atoms with Crippen LogP contribution >= 0.6 is 0 Å². The molecule has 0 amide bonds. The summed E-state index contributed by atoms with van der Waals surface area (Å²) in [6, 6.07) is 0.475. The Morgan fingerprint density at radius 1 is 0.760 bits per heavy atom. The van der Waals surface area contributed by atoms with Gasteiger partial charge in [0.2, 0.25) is 0 Å². The predicted molar refractivity (Wildman–Crippen MR) is 60.2 cm³/mol. The Bertz CT molecular complexity index is 709. The first-order valence-electron chi connectivity index (χ1n) is 5.80. The van der Waals surface area contributed by atoms with Gasteiger partial charge in [-0.15, -0.1) is 0 Å². The molecule has 0 aliphatic rings. The zero-order valence-electron chi connectivity index (χ0n) is 11.3. The fourth-order valence-corrected chi connectivity index (χ4v) is 1.77. The molecule has 0 unspecified atom stereocenters. The SMILES string of the molecule is O=C(O)c1cccc(C(F)(F)C(F)(F)C(F)(F)C(F)(F)F)c1C(=O)O. The Kier molecular flexibility index (Phi) is 4.78. The van der Waals surface area contributed by atoms with Gasteiger partial charge >= 0.3 is 35.9 Å². The first kappa shape index (κ1) is 20.6. The van der Waals surface area contributed by atoms with Gasteiger partial charge in [0.25, 0.3) is 0 Å². The van der Waals surface area contributed by atoms with Crippen molar-refractivity contribution in [2.75, 3.05) is 0 Å². The van der Waals surface area contributed by atoms with Crippen molar-refractivity contribution in [1.82, 2.24) is 0 Å². The van der Waals surface area contributed by atoms with E-state index < -0.39 is 52.6 Å². The van der Waals surface area contributed by atoms with Gasteiger partial charge in [0.1, 0.15) is 0 Å². The molecule has 0 saturated carbocycles. The molecule has 0 aliphatic heterocycles. The van der Waals surface area contributed by atoms with Crippen molar-refractivity contribution in [3.05, 3.63) is 34.9 Å². The van der Waals surface area contributed by atoms with E-state index in [0.717, 1.165) is 0 Å². The number of benzene rings is 1. The highest BCUT2D eigenvalue weighted by atomic mass is 19.4. The number of hydrogen-bond acceptors (Lipinski definition) is 2. The molecule has 0 aromatic heterocycles. The van der Waals surface area contributed by atoms with E-state index in [1.165, 1.54) is 0 Å². The summed E-state index contributed by atoms with van der Waals surface area (Å²) in [5.41, 5.74) is -6.05. The summed E-state index contributed by atoms with van der Waals surface area (Å²) >= 11 is 0. The molecule has 1 aromatic rings. The Morgan fingerprint density at radius 2 is 1.24 bits per heavy atom. The van der Waals surface area contributed by atoms with Gasteiger partial charge in [-0.1, -0.05) is 12.1 Å². The second-order valence-electron chi connectivity index (χ2n) is 4.56. The van der Waals surface area contributed by atoms with Crippen LogP contribution < -0.4 is 0 Å². The Labute approximate surface area is 131 Å². The van der Waals surface area contributed by atoms with Gasteiger partial charge < -0.3 is 10.2 Å². The number of carboxylic acids is 2. The summed E-state index contributed by atoms with van der Waals surface area (Å²) in [6.45, 7) is 0. The summed E-state index contributed by atoms with van der Waals surface area (Å²) in [4.78, 5) is 21.7. The molecular formula is C12H5F9O4. The van der Waals surface area contributed by atoms with Gasteiger partial charge in [0.05, 0.1) is 11.1 Å². The number of rotatable bonds is 5. The van der Waals surface area contributed by atoms with Crippen LogP contribution in [0, 0.1) is 0 Å². The van der Waals surface area contributed by atoms with Crippen LogP contribution in [-0.2, 0) is 5.92 Å². The Morgan fingerprint density at radius 3 is 1.60 bits per heavy atom. The summed E-state index contributed by atoms with van der Waals surface area (Å²) in [6.07, 6.45) is -7.09. The second-order valence-corrected chi connectivity index (χ2v) is 4.56. The van der Waals surface area contributed by atoms with Gasteiger partial charge in [-0.05, 0) is 6.07 Å². The average molecular weight is 384 g/mol. The van der Waals surface area contributed by atoms with E-state index in [1.807, 2.05) is 0 Å². The van der Waals surface area contributed by atoms with Crippen LogP contribution in [0.2, 0.25) is 0 Å². The van der Waals surface area contributed by atoms with E-state index in [1.54, 1.807) is 0 Å². The minimum Gasteiger partial charge on any atom is -0.478 e. The highest BCUT2D eigenvalue weighted by molar-refractivity contribution is 6.03. The smallest absolute Gasteiger partial charge is 0.460 e. The van der Waals surface area contributed by atoms with Crippen LogP contribution in [0.4, 0.5) is 39.5 Å². The second kappa shape index (κ2) is 5.81. The van der Waals surface area contributed by atoms with Crippen LogP contribution in [0.25, 0.3) is 0 Å². The number of alkyl halides is 9. The summed E-state index contributed by atoms with van der Waals surface area (Å²) < 4.78 is 116. The summed E-state index contributed by atoms with van der Waals surface area (Å²) in [5.74, 6) is -25.5. The number of halogens is 9. The molecule has 4 nitrogen and oxygen atoms in total. The normalized spacial score (nSPS) is 13.6. The fourth-order valence-electron chi connectivity index (χ4n) is 1.77. The van der Waals surface area contributed by atoms with Gasteiger partial charge in [-0.3, -0.25) is 0 Å². The lowest BCUT2D eigenvalue weighted by atomic mass is 9.90. The third-order valence-electron chi connectivity index (χ3n) is 2.99. The minimum atomic E-state index is -7.24. The van der Waals surface area contributed by atoms with Crippen LogP contribution in [0.3, 0.4) is 0 Å². The van der Waals surface area contributed by atoms with Crippen molar-refractivity contribution in [3.63, 3.8) is 0 Å². The zero-order chi connectivity index (χ0) is 20.0. The van der Waals surface area contributed by atoms with E-state index in [2.05, 4.69) is 0 Å². The van der Waals surface area contributed by atoms with Crippen molar-refractivity contribution < 1.29 is 59.3 Å². The Hall–Kier alpha value is -2.47. The zero-order valence-corrected chi connectivity index (χ0v) is 11.3. The highest BCUT2D eigenvalue weighted by Gasteiger charge is 2.82. The molecule has 0 heterocycles. The Balaban J connectivity index is 3.78. The molecule has 1 rings (SSSR count). The van der Waals surface area contributed by atoms with E-state index >= 15 is 0 Å². The fraction of sp³-hybridized carbons (Fsp3) is 0.333. The van der Waals surface area contributed by atoms with Crippen LogP contribution in [0.15, 0.2) is 18.2 Å². The molecule has 0 atom stereocenters. The van der Waals surface area contributed by atoms with E-state index in [4.69, 9.17) is 10.2 Å². The maximum atomic E-state index is 13.8. The summed E-state index contributed by atoms with van der Waals surface area (Å²) in [5, 5.41) is 17.4. The molecule has 0 saturated heterocycles. The predicted octanol–water partition coefficient (Wildman–Crippen LogP) is 4.01. The van der Waals surface area contributed by atoms with Gasteiger partial charge in [-0.2, -0.15) is 39.5 Å². The van der Waals surface area contributed by atoms with Crippen molar-refractivity contribution in [3.8, 4) is 0 Å². The van der Waals surface area contributed by atoms with Crippen molar-refractivity contribution in [2.45, 2.75) is 23.9 Å². The molecule has 0 aliphatic carbocycles. The number of aromatic carboxylic acids is 2. The molecule has 140 valence electrons. The molecule has 2 N–H and O–H groups in total. The lowest BCUT2D eigenvalue weighted by molar-refractivity contribution is -0.399. The average Bonchev–Trinajstić information content (AvgIpc) is 2.44. The van der Waals surface area contributed by atoms with Gasteiger partial charge in [-0.25, -0.2) is 9.59 Å². The molecule has 0 spiro atoms. The molecule has 0 fully saturated rings. The topological polar surface area (TPSA) is 74.6 Å². The number of carbonyl (C=O) groups is 2. The molecule has 25 heavy (non-hydrogen) atoms. The monoisotopic (exact) mass is 384 g/mol. The largest absolute Gasteiger partial charge is 0.478 e. The lowest BCUT2D eigenvalue weighted by Crippen LogP contribution is -2.59. The van der Waals surface area contributed by atoms with Crippen LogP contribution in [0.5, 0.6) is 0 Å². The standard InChI is InChI=1S/C12H5F9O4/c13-9(14,10(15,16)11(17,18)12(19,20)21)5-3-1-2-4(7(22)23)6(5)8(24)25/h1-3H,(H,22,23)(H,24,25). The maximum absolute atomic E-state index is 13.8. The number of hydrogen-bond donors (Lipinski definition) is 2. The first-order valence-corrected chi connectivity index (χ1v) is 5.80. The van der Waals surface area contributed by atoms with E-state index in [0.29, 0.717) is 12.1 Å². The minimum absolute atomic E-state index is 0.184. The highest BCUT2D eigenvalue weighted by Crippen LogP contribution is 2.57. The molecule has 0 radical (unpaired) electrons. The third-order valence-corrected chi connectivity index (χ3v) is 2.99. The molecular weight excluding hydrogens is 379 g/mol. The summed E-state index contributed by atoms with van der Waals surface area (Å²) in [7, 11) is 0. The van der Waals surface area contributed by atoms with Gasteiger partial charge in [0, 0.05) is 5.56 Å².